The number of carbonyl (C=O) groups excluding carboxylic acids is 1. The number of amides is 1. The quantitative estimate of drug-likeness (QED) is 0.857. The number of hydrogen-bond acceptors (Lipinski definition) is 6. The number of aryl methyl sites for hydroxylation is 1. The summed E-state index contributed by atoms with van der Waals surface area (Å²) >= 11 is 0. The molecule has 1 unspecified atom stereocenters. The first-order valence-electron chi connectivity index (χ1n) is 8.50. The van der Waals surface area contributed by atoms with Gasteiger partial charge in [-0.1, -0.05) is 5.16 Å². The molecule has 1 aliphatic heterocycles. The van der Waals surface area contributed by atoms with Gasteiger partial charge in [-0.05, 0) is 32.1 Å². The minimum atomic E-state index is -0.0553. The van der Waals surface area contributed by atoms with Crippen LogP contribution in [-0.4, -0.2) is 45.1 Å². The van der Waals surface area contributed by atoms with Crippen molar-refractivity contribution in [3.8, 4) is 5.88 Å². The average Bonchev–Trinajstić information content (AvgIpc) is 3.06. The second-order valence-corrected chi connectivity index (χ2v) is 6.32. The Balaban J connectivity index is 1.46. The van der Waals surface area contributed by atoms with Crippen LogP contribution in [0.1, 0.15) is 47.5 Å². The Morgan fingerprint density at radius 3 is 3.08 bits per heavy atom. The smallest absolute Gasteiger partial charge is 0.276 e. The van der Waals surface area contributed by atoms with Crippen molar-refractivity contribution in [2.24, 2.45) is 0 Å². The van der Waals surface area contributed by atoms with E-state index in [0.717, 1.165) is 56.4 Å². The summed E-state index contributed by atoms with van der Waals surface area (Å²) in [6.45, 7) is 1.27. The zero-order valence-corrected chi connectivity index (χ0v) is 13.5. The van der Waals surface area contributed by atoms with Gasteiger partial charge in [0.05, 0.1) is 6.54 Å². The molecule has 1 amide bonds. The topological polar surface area (TPSA) is 81.4 Å². The molecule has 126 valence electrons. The zero-order chi connectivity index (χ0) is 16.4. The Kier molecular flexibility index (Phi) is 4.15. The molecular weight excluding hydrogens is 308 g/mol. The van der Waals surface area contributed by atoms with Gasteiger partial charge in [-0.2, -0.15) is 0 Å². The van der Waals surface area contributed by atoms with Crippen LogP contribution in [0.5, 0.6) is 5.88 Å². The van der Waals surface area contributed by atoms with Gasteiger partial charge in [0.2, 0.25) is 5.88 Å². The highest BCUT2D eigenvalue weighted by atomic mass is 16.5. The second-order valence-electron chi connectivity index (χ2n) is 6.32. The van der Waals surface area contributed by atoms with Crippen LogP contribution < -0.4 is 4.74 Å². The van der Waals surface area contributed by atoms with Crippen molar-refractivity contribution in [1.82, 2.24) is 20.0 Å². The lowest BCUT2D eigenvalue weighted by Gasteiger charge is -2.32. The number of likely N-dealkylation sites (tertiary alicyclic amines) is 1. The first kappa shape index (κ1) is 15.1. The molecule has 1 aliphatic carbocycles. The monoisotopic (exact) mass is 328 g/mol. The van der Waals surface area contributed by atoms with Gasteiger partial charge in [0, 0.05) is 30.8 Å². The van der Waals surface area contributed by atoms with E-state index in [-0.39, 0.29) is 12.0 Å². The summed E-state index contributed by atoms with van der Waals surface area (Å²) in [7, 11) is 0. The third-order valence-electron chi connectivity index (χ3n) is 4.66. The molecule has 4 rings (SSSR count). The minimum Gasteiger partial charge on any atom is -0.472 e. The summed E-state index contributed by atoms with van der Waals surface area (Å²) < 4.78 is 11.3. The molecule has 2 aromatic rings. The Hall–Kier alpha value is -2.44. The molecule has 2 aliphatic rings. The Morgan fingerprint density at radius 1 is 1.29 bits per heavy atom. The molecular formula is C17H20N4O3. The highest BCUT2D eigenvalue weighted by Crippen LogP contribution is 2.26. The van der Waals surface area contributed by atoms with Crippen molar-refractivity contribution < 1.29 is 14.1 Å². The van der Waals surface area contributed by atoms with Crippen molar-refractivity contribution in [1.29, 1.82) is 0 Å². The molecule has 0 saturated carbocycles. The predicted molar refractivity (Wildman–Crippen MR) is 84.7 cm³/mol. The third-order valence-corrected chi connectivity index (χ3v) is 4.66. The number of piperidine rings is 1. The maximum Gasteiger partial charge on any atom is 0.276 e. The van der Waals surface area contributed by atoms with Gasteiger partial charge in [0.15, 0.2) is 5.69 Å². The number of ether oxygens (including phenoxy) is 1. The van der Waals surface area contributed by atoms with Crippen LogP contribution in [-0.2, 0) is 12.8 Å². The Labute approximate surface area is 140 Å². The van der Waals surface area contributed by atoms with Crippen molar-refractivity contribution in [3.63, 3.8) is 0 Å². The van der Waals surface area contributed by atoms with Crippen molar-refractivity contribution >= 4 is 5.91 Å². The van der Waals surface area contributed by atoms with E-state index in [1.54, 1.807) is 12.3 Å². The standard InChI is InChI=1S/C17H20N4O3/c22-17(16-13-5-1-2-6-14(13)24-20-16)21-9-3-4-12(10-21)23-15-7-8-18-11-19-15/h7-8,11-12H,1-6,9-10H2. The summed E-state index contributed by atoms with van der Waals surface area (Å²) in [5.74, 6) is 1.39. The van der Waals surface area contributed by atoms with Crippen molar-refractivity contribution in [3.05, 3.63) is 35.6 Å². The fourth-order valence-corrected chi connectivity index (χ4v) is 3.44. The molecule has 0 N–H and O–H groups in total. The molecule has 1 atom stereocenters. The number of fused-ring (bicyclic) bond motifs is 1. The number of carbonyl (C=O) groups is 1. The first-order chi connectivity index (χ1) is 11.8. The molecule has 1 saturated heterocycles. The van der Waals surface area contributed by atoms with Crippen molar-refractivity contribution in [2.75, 3.05) is 13.1 Å². The Morgan fingerprint density at radius 2 is 2.21 bits per heavy atom. The minimum absolute atomic E-state index is 0.0436. The molecule has 24 heavy (non-hydrogen) atoms. The van der Waals surface area contributed by atoms with Crippen LogP contribution in [0.25, 0.3) is 0 Å². The van der Waals surface area contributed by atoms with Crippen LogP contribution in [0.2, 0.25) is 0 Å². The normalized spacial score (nSPS) is 20.5. The molecule has 2 aromatic heterocycles. The maximum atomic E-state index is 12.9. The molecule has 7 heteroatoms. The average molecular weight is 328 g/mol. The number of hydrogen-bond donors (Lipinski definition) is 0. The highest BCUT2D eigenvalue weighted by Gasteiger charge is 2.31. The van der Waals surface area contributed by atoms with Gasteiger partial charge < -0.3 is 14.2 Å². The lowest BCUT2D eigenvalue weighted by atomic mass is 9.96. The lowest BCUT2D eigenvalue weighted by Crippen LogP contribution is -2.44. The van der Waals surface area contributed by atoms with E-state index in [0.29, 0.717) is 18.1 Å². The summed E-state index contributed by atoms with van der Waals surface area (Å²) in [5.41, 5.74) is 1.50. The van der Waals surface area contributed by atoms with Gasteiger partial charge in [0.25, 0.3) is 5.91 Å². The third kappa shape index (κ3) is 2.98. The lowest BCUT2D eigenvalue weighted by molar-refractivity contribution is 0.0517. The molecule has 0 radical (unpaired) electrons. The van der Waals surface area contributed by atoms with Gasteiger partial charge >= 0.3 is 0 Å². The van der Waals surface area contributed by atoms with E-state index >= 15 is 0 Å². The number of aromatic nitrogens is 3. The van der Waals surface area contributed by atoms with E-state index in [9.17, 15) is 4.79 Å². The molecule has 0 bridgehead atoms. The summed E-state index contributed by atoms with van der Waals surface area (Å²) in [6, 6.07) is 1.73. The first-order valence-corrected chi connectivity index (χ1v) is 8.50. The van der Waals surface area contributed by atoms with Gasteiger partial charge in [-0.25, -0.2) is 9.97 Å². The zero-order valence-electron chi connectivity index (χ0n) is 13.5. The second kappa shape index (κ2) is 6.59. The summed E-state index contributed by atoms with van der Waals surface area (Å²) in [4.78, 5) is 22.6. The van der Waals surface area contributed by atoms with E-state index in [4.69, 9.17) is 9.26 Å². The molecule has 0 spiro atoms. The fraction of sp³-hybridized carbons (Fsp3) is 0.529. The predicted octanol–water partition coefficient (Wildman–Crippen LogP) is 2.03. The van der Waals surface area contributed by atoms with Gasteiger partial charge in [-0.15, -0.1) is 0 Å². The largest absolute Gasteiger partial charge is 0.472 e. The van der Waals surface area contributed by atoms with Crippen LogP contribution in [0.15, 0.2) is 23.1 Å². The Bertz CT molecular complexity index is 716. The summed E-state index contributed by atoms with van der Waals surface area (Å²) in [5, 5.41) is 4.05. The maximum absolute atomic E-state index is 12.9. The molecule has 0 aromatic carbocycles. The molecule has 3 heterocycles. The highest BCUT2D eigenvalue weighted by molar-refractivity contribution is 5.94. The van der Waals surface area contributed by atoms with E-state index in [1.807, 2.05) is 4.90 Å². The van der Waals surface area contributed by atoms with Crippen LogP contribution in [0.4, 0.5) is 0 Å². The molecule has 1 fully saturated rings. The van der Waals surface area contributed by atoms with E-state index in [2.05, 4.69) is 15.1 Å². The van der Waals surface area contributed by atoms with E-state index < -0.39 is 0 Å². The van der Waals surface area contributed by atoms with Gasteiger partial charge in [0.1, 0.15) is 18.2 Å². The van der Waals surface area contributed by atoms with Crippen LogP contribution >= 0.6 is 0 Å². The van der Waals surface area contributed by atoms with Crippen LogP contribution in [0, 0.1) is 0 Å². The molecule has 7 nitrogen and oxygen atoms in total. The summed E-state index contributed by atoms with van der Waals surface area (Å²) in [6.07, 6.45) is 8.83. The van der Waals surface area contributed by atoms with E-state index in [1.165, 1.54) is 6.33 Å². The van der Waals surface area contributed by atoms with Crippen molar-refractivity contribution in [2.45, 2.75) is 44.6 Å². The number of rotatable bonds is 3. The SMILES string of the molecule is O=C(c1noc2c1CCCC2)N1CCCC(Oc2ccncn2)C1. The number of nitrogens with zero attached hydrogens (tertiary/aromatic N) is 4. The fourth-order valence-electron chi connectivity index (χ4n) is 3.44. The van der Waals surface area contributed by atoms with Crippen LogP contribution in [0.3, 0.4) is 0 Å². The van der Waals surface area contributed by atoms with Gasteiger partial charge in [-0.3, -0.25) is 4.79 Å².